The van der Waals surface area contributed by atoms with Crippen LogP contribution in [0, 0.1) is 0 Å². The molecular weight excluding hydrogens is 360 g/mol. The Hall–Kier alpha value is -3.06. The molecule has 1 unspecified atom stereocenters. The van der Waals surface area contributed by atoms with E-state index >= 15 is 0 Å². The Morgan fingerprint density at radius 2 is 1.75 bits per heavy atom. The number of amides is 2. The molecule has 0 spiro atoms. The maximum atomic E-state index is 12.2. The molecule has 0 aliphatic carbocycles. The first-order valence-electron chi connectivity index (χ1n) is 9.11. The molecule has 3 N–H and O–H groups in total. The van der Waals surface area contributed by atoms with Crippen LogP contribution < -0.4 is 25.3 Å². The Bertz CT molecular complexity index is 822. The van der Waals surface area contributed by atoms with Crippen LogP contribution in [-0.4, -0.2) is 32.1 Å². The molecular formula is C21H26N2O5. The van der Waals surface area contributed by atoms with Crippen LogP contribution in [0.3, 0.4) is 0 Å². The smallest absolute Gasteiger partial charge is 0.257 e. The molecule has 2 aromatic carbocycles. The number of hydrogen-bond donors (Lipinski definition) is 2. The Morgan fingerprint density at radius 1 is 1.04 bits per heavy atom. The normalized spacial score (nSPS) is 11.4. The quantitative estimate of drug-likeness (QED) is 0.687. The molecule has 1 atom stereocenters. The molecule has 28 heavy (non-hydrogen) atoms. The zero-order valence-corrected chi connectivity index (χ0v) is 16.4. The molecule has 150 valence electrons. The molecule has 2 rings (SSSR count). The van der Waals surface area contributed by atoms with E-state index in [9.17, 15) is 9.59 Å². The summed E-state index contributed by atoms with van der Waals surface area (Å²) in [5.74, 6) is 0.766. The van der Waals surface area contributed by atoms with Crippen LogP contribution in [0.2, 0.25) is 0 Å². The molecule has 0 aliphatic heterocycles. The molecule has 2 aromatic rings. The van der Waals surface area contributed by atoms with Crippen molar-refractivity contribution in [3.8, 4) is 17.2 Å². The van der Waals surface area contributed by atoms with Crippen molar-refractivity contribution in [3.05, 3.63) is 53.6 Å². The number of nitrogens with two attached hydrogens (primary N) is 1. The first-order chi connectivity index (χ1) is 13.5. The van der Waals surface area contributed by atoms with E-state index in [1.165, 1.54) is 7.11 Å². The van der Waals surface area contributed by atoms with Gasteiger partial charge in [0.05, 0.1) is 20.3 Å². The second-order valence-electron chi connectivity index (χ2n) is 5.99. The van der Waals surface area contributed by atoms with E-state index in [0.717, 1.165) is 5.56 Å². The summed E-state index contributed by atoms with van der Waals surface area (Å²) in [5, 5.41) is 2.35. The Balaban J connectivity index is 2.03. The van der Waals surface area contributed by atoms with Gasteiger partial charge in [-0.15, -0.1) is 0 Å². The summed E-state index contributed by atoms with van der Waals surface area (Å²) in [6.07, 6.45) is -0.0464. The van der Waals surface area contributed by atoms with Crippen molar-refractivity contribution in [1.82, 2.24) is 5.32 Å². The highest BCUT2D eigenvalue weighted by atomic mass is 16.5. The maximum absolute atomic E-state index is 12.2. The third-order valence-electron chi connectivity index (χ3n) is 3.99. The van der Waals surface area contributed by atoms with Crippen molar-refractivity contribution in [2.75, 3.05) is 20.3 Å². The fourth-order valence-electron chi connectivity index (χ4n) is 2.63. The van der Waals surface area contributed by atoms with Gasteiger partial charge in [0.2, 0.25) is 5.91 Å². The molecule has 0 fully saturated rings. The van der Waals surface area contributed by atoms with Gasteiger partial charge in [0.25, 0.3) is 5.91 Å². The van der Waals surface area contributed by atoms with Crippen molar-refractivity contribution in [1.29, 1.82) is 0 Å². The van der Waals surface area contributed by atoms with Crippen LogP contribution in [0.4, 0.5) is 0 Å². The van der Waals surface area contributed by atoms with Crippen molar-refractivity contribution in [2.24, 2.45) is 5.73 Å². The standard InChI is InChI=1S/C21H26N2O5/c1-4-27-18-10-9-14(12-19(18)28-5-2)17(22)13-20(24)23-21(25)15-7-6-8-16(11-15)26-3/h6-12,17H,4-5,13,22H2,1-3H3,(H,23,24,25). The molecule has 2 amide bonds. The van der Waals surface area contributed by atoms with Gasteiger partial charge in [-0.2, -0.15) is 0 Å². The highest BCUT2D eigenvalue weighted by Gasteiger charge is 2.17. The lowest BCUT2D eigenvalue weighted by Gasteiger charge is -2.16. The first kappa shape index (κ1) is 21.2. The third kappa shape index (κ3) is 5.72. The highest BCUT2D eigenvalue weighted by molar-refractivity contribution is 6.05. The Labute approximate surface area is 164 Å². The molecule has 7 heteroatoms. The summed E-state index contributed by atoms with van der Waals surface area (Å²) in [6, 6.07) is 11.3. The average molecular weight is 386 g/mol. The second-order valence-corrected chi connectivity index (χ2v) is 5.99. The number of methoxy groups -OCH3 is 1. The molecule has 0 radical (unpaired) electrons. The van der Waals surface area contributed by atoms with Crippen molar-refractivity contribution in [3.63, 3.8) is 0 Å². The lowest BCUT2D eigenvalue weighted by atomic mass is 10.0. The van der Waals surface area contributed by atoms with Crippen LogP contribution in [0.1, 0.15) is 42.2 Å². The first-order valence-corrected chi connectivity index (χ1v) is 9.11. The SMILES string of the molecule is CCOc1ccc(C(N)CC(=O)NC(=O)c2cccc(OC)c2)cc1OCC. The van der Waals surface area contributed by atoms with Gasteiger partial charge in [-0.05, 0) is 49.7 Å². The summed E-state index contributed by atoms with van der Waals surface area (Å²) in [6.45, 7) is 4.76. The lowest BCUT2D eigenvalue weighted by molar-refractivity contribution is -0.120. The van der Waals surface area contributed by atoms with Crippen LogP contribution in [0.15, 0.2) is 42.5 Å². The predicted molar refractivity (Wildman–Crippen MR) is 106 cm³/mol. The minimum atomic E-state index is -0.590. The molecule has 0 saturated heterocycles. The lowest BCUT2D eigenvalue weighted by Crippen LogP contribution is -2.32. The van der Waals surface area contributed by atoms with Gasteiger partial charge in [-0.25, -0.2) is 0 Å². The summed E-state index contributed by atoms with van der Waals surface area (Å²) in [7, 11) is 1.51. The largest absolute Gasteiger partial charge is 0.497 e. The van der Waals surface area contributed by atoms with Gasteiger partial charge >= 0.3 is 0 Å². The fraction of sp³-hybridized carbons (Fsp3) is 0.333. The van der Waals surface area contributed by atoms with E-state index in [1.54, 1.807) is 42.5 Å². The molecule has 0 heterocycles. The molecule has 0 bridgehead atoms. The van der Waals surface area contributed by atoms with E-state index in [1.807, 2.05) is 13.8 Å². The van der Waals surface area contributed by atoms with E-state index in [4.69, 9.17) is 19.9 Å². The highest BCUT2D eigenvalue weighted by Crippen LogP contribution is 2.31. The molecule has 0 aromatic heterocycles. The summed E-state index contributed by atoms with van der Waals surface area (Å²) >= 11 is 0. The number of imide groups is 1. The van der Waals surface area contributed by atoms with Crippen molar-refractivity contribution in [2.45, 2.75) is 26.3 Å². The maximum Gasteiger partial charge on any atom is 0.257 e. The van der Waals surface area contributed by atoms with E-state index in [-0.39, 0.29) is 6.42 Å². The number of ether oxygens (including phenoxy) is 3. The monoisotopic (exact) mass is 386 g/mol. The van der Waals surface area contributed by atoms with Crippen LogP contribution in [-0.2, 0) is 4.79 Å². The van der Waals surface area contributed by atoms with Crippen LogP contribution in [0.5, 0.6) is 17.2 Å². The number of rotatable bonds is 9. The van der Waals surface area contributed by atoms with Crippen molar-refractivity contribution >= 4 is 11.8 Å². The number of nitrogens with one attached hydrogen (secondary N) is 1. The number of benzene rings is 2. The summed E-state index contributed by atoms with van der Waals surface area (Å²) in [5.41, 5.74) is 7.21. The topological polar surface area (TPSA) is 99.9 Å². The minimum absolute atomic E-state index is 0.0464. The van der Waals surface area contributed by atoms with E-state index < -0.39 is 17.9 Å². The van der Waals surface area contributed by atoms with E-state index in [2.05, 4.69) is 5.32 Å². The van der Waals surface area contributed by atoms with Gasteiger partial charge < -0.3 is 19.9 Å². The van der Waals surface area contributed by atoms with Gasteiger partial charge in [0, 0.05) is 18.0 Å². The summed E-state index contributed by atoms with van der Waals surface area (Å²) in [4.78, 5) is 24.5. The zero-order valence-electron chi connectivity index (χ0n) is 16.4. The zero-order chi connectivity index (χ0) is 20.5. The minimum Gasteiger partial charge on any atom is -0.497 e. The second kappa shape index (κ2) is 10.3. The summed E-state index contributed by atoms with van der Waals surface area (Å²) < 4.78 is 16.2. The Kier molecular flexibility index (Phi) is 7.83. The van der Waals surface area contributed by atoms with Gasteiger partial charge in [0.1, 0.15) is 5.75 Å². The number of hydrogen-bond acceptors (Lipinski definition) is 6. The third-order valence-corrected chi connectivity index (χ3v) is 3.99. The van der Waals surface area contributed by atoms with Gasteiger partial charge in [0.15, 0.2) is 11.5 Å². The fourth-order valence-corrected chi connectivity index (χ4v) is 2.63. The number of carbonyl (C=O) groups is 2. The predicted octanol–water partition coefficient (Wildman–Crippen LogP) is 2.84. The van der Waals surface area contributed by atoms with Gasteiger partial charge in [-0.3, -0.25) is 14.9 Å². The Morgan fingerprint density at radius 3 is 2.43 bits per heavy atom. The molecule has 0 saturated carbocycles. The average Bonchev–Trinajstić information content (AvgIpc) is 2.69. The number of carbonyl (C=O) groups excluding carboxylic acids is 2. The van der Waals surface area contributed by atoms with E-state index in [0.29, 0.717) is 36.0 Å². The van der Waals surface area contributed by atoms with Crippen LogP contribution >= 0.6 is 0 Å². The van der Waals surface area contributed by atoms with Crippen LogP contribution in [0.25, 0.3) is 0 Å². The molecule has 0 aliphatic rings. The molecule has 7 nitrogen and oxygen atoms in total. The van der Waals surface area contributed by atoms with Gasteiger partial charge in [-0.1, -0.05) is 12.1 Å². The van der Waals surface area contributed by atoms with Crippen molar-refractivity contribution < 1.29 is 23.8 Å².